The molecule has 2 aromatic carbocycles. The molecule has 6 rings (SSSR count). The second-order valence-electron chi connectivity index (χ2n) is 8.21. The number of hydrogen-bond acceptors (Lipinski definition) is 7. The molecule has 1 fully saturated rings. The molecule has 0 saturated carbocycles. The van der Waals surface area contributed by atoms with Crippen molar-refractivity contribution in [2.75, 3.05) is 37.9 Å². The van der Waals surface area contributed by atoms with Crippen molar-refractivity contribution in [3.05, 3.63) is 72.2 Å². The second-order valence-corrected chi connectivity index (χ2v) is 8.21. The monoisotopic (exact) mass is 438 g/mol. The van der Waals surface area contributed by atoms with Gasteiger partial charge in [-0.2, -0.15) is 5.26 Å². The largest absolute Gasteiger partial charge is 0.454 e. The number of benzene rings is 2. The van der Waals surface area contributed by atoms with E-state index in [9.17, 15) is 5.26 Å². The van der Waals surface area contributed by atoms with Crippen LogP contribution in [0, 0.1) is 11.3 Å². The van der Waals surface area contributed by atoms with Crippen molar-refractivity contribution >= 4 is 16.9 Å². The third-order valence-electron chi connectivity index (χ3n) is 6.23. The molecular formula is C25H22N6O2. The van der Waals surface area contributed by atoms with Gasteiger partial charge < -0.3 is 18.9 Å². The van der Waals surface area contributed by atoms with E-state index < -0.39 is 0 Å². The predicted molar refractivity (Wildman–Crippen MR) is 124 cm³/mol. The Bertz CT molecular complexity index is 1350. The third-order valence-corrected chi connectivity index (χ3v) is 6.23. The van der Waals surface area contributed by atoms with Crippen LogP contribution in [0.25, 0.3) is 16.7 Å². The number of piperazine rings is 1. The first-order chi connectivity index (χ1) is 16.3. The van der Waals surface area contributed by atoms with Crippen LogP contribution >= 0.6 is 0 Å². The highest BCUT2D eigenvalue weighted by molar-refractivity contribution is 5.92. The van der Waals surface area contributed by atoms with E-state index in [1.807, 2.05) is 47.2 Å². The Hall–Kier alpha value is -4.09. The van der Waals surface area contributed by atoms with Crippen LogP contribution in [0.3, 0.4) is 0 Å². The molecule has 0 aliphatic carbocycles. The number of fused-ring (bicyclic) bond motifs is 2. The molecule has 0 spiro atoms. The standard InChI is InChI=1S/C25H22N6O2/c26-13-19-15-31(20-4-2-1-3-5-20)24-23(19)27-16-28-25(24)30-10-8-29(9-11-30)14-18-6-7-21-22(12-18)33-17-32-21/h1-7,12,15-16H,8-11,14,17H2. The summed E-state index contributed by atoms with van der Waals surface area (Å²) in [5.41, 5.74) is 4.33. The van der Waals surface area contributed by atoms with Gasteiger partial charge in [-0.05, 0) is 29.8 Å². The van der Waals surface area contributed by atoms with Gasteiger partial charge in [-0.15, -0.1) is 0 Å². The molecule has 4 aromatic rings. The Kier molecular flexibility index (Phi) is 4.82. The number of anilines is 1. The molecule has 0 amide bonds. The summed E-state index contributed by atoms with van der Waals surface area (Å²) in [6, 6.07) is 18.5. The van der Waals surface area contributed by atoms with Crippen LogP contribution in [0.15, 0.2) is 61.1 Å². The number of rotatable bonds is 4. The summed E-state index contributed by atoms with van der Waals surface area (Å²) in [5, 5.41) is 9.67. The first-order valence-corrected chi connectivity index (χ1v) is 11.0. The first-order valence-electron chi connectivity index (χ1n) is 11.0. The highest BCUT2D eigenvalue weighted by Gasteiger charge is 2.24. The summed E-state index contributed by atoms with van der Waals surface area (Å²) >= 11 is 0. The molecule has 0 unspecified atom stereocenters. The lowest BCUT2D eigenvalue weighted by molar-refractivity contribution is 0.174. The van der Waals surface area contributed by atoms with E-state index in [-0.39, 0.29) is 0 Å². The van der Waals surface area contributed by atoms with Crippen molar-refractivity contribution in [3.63, 3.8) is 0 Å². The molecule has 0 atom stereocenters. The number of aromatic nitrogens is 3. The molecule has 8 nitrogen and oxygen atoms in total. The Morgan fingerprint density at radius 3 is 2.58 bits per heavy atom. The zero-order chi connectivity index (χ0) is 22.2. The minimum absolute atomic E-state index is 0.295. The predicted octanol–water partition coefficient (Wildman–Crippen LogP) is 3.34. The summed E-state index contributed by atoms with van der Waals surface area (Å²) in [4.78, 5) is 13.8. The normalized spacial score (nSPS) is 15.7. The molecule has 164 valence electrons. The first kappa shape index (κ1) is 19.6. The average Bonchev–Trinajstić information content (AvgIpc) is 3.49. The molecule has 2 aliphatic heterocycles. The third kappa shape index (κ3) is 3.52. The zero-order valence-electron chi connectivity index (χ0n) is 18.0. The van der Waals surface area contributed by atoms with Crippen LogP contribution < -0.4 is 14.4 Å². The SMILES string of the molecule is N#Cc1cn(-c2ccccc2)c2c(N3CCN(Cc4ccc5c(c4)OCO5)CC3)ncnc12. The van der Waals surface area contributed by atoms with Gasteiger partial charge >= 0.3 is 0 Å². The Labute approximate surface area is 191 Å². The summed E-state index contributed by atoms with van der Waals surface area (Å²) in [6.45, 7) is 4.68. The number of nitrogens with zero attached hydrogens (tertiary/aromatic N) is 6. The number of nitriles is 1. The molecule has 2 aliphatic rings. The molecule has 2 aromatic heterocycles. The van der Waals surface area contributed by atoms with Crippen molar-refractivity contribution in [2.45, 2.75) is 6.54 Å². The fourth-order valence-corrected chi connectivity index (χ4v) is 4.56. The van der Waals surface area contributed by atoms with Crippen molar-refractivity contribution in [2.24, 2.45) is 0 Å². The van der Waals surface area contributed by atoms with E-state index in [0.29, 0.717) is 17.9 Å². The van der Waals surface area contributed by atoms with Crippen molar-refractivity contribution in [3.8, 4) is 23.3 Å². The average molecular weight is 438 g/mol. The van der Waals surface area contributed by atoms with Crippen LogP contribution in [0.4, 0.5) is 5.82 Å². The van der Waals surface area contributed by atoms with E-state index in [1.54, 1.807) is 6.33 Å². The van der Waals surface area contributed by atoms with E-state index in [0.717, 1.165) is 61.2 Å². The Morgan fingerprint density at radius 2 is 1.76 bits per heavy atom. The minimum Gasteiger partial charge on any atom is -0.454 e. The summed E-state index contributed by atoms with van der Waals surface area (Å²) < 4.78 is 13.0. The van der Waals surface area contributed by atoms with E-state index >= 15 is 0 Å². The maximum atomic E-state index is 9.67. The summed E-state index contributed by atoms with van der Waals surface area (Å²) in [6.07, 6.45) is 3.42. The maximum Gasteiger partial charge on any atom is 0.231 e. The molecule has 33 heavy (non-hydrogen) atoms. The van der Waals surface area contributed by atoms with Crippen LogP contribution in [0.5, 0.6) is 11.5 Å². The minimum atomic E-state index is 0.295. The summed E-state index contributed by atoms with van der Waals surface area (Å²) in [7, 11) is 0. The zero-order valence-corrected chi connectivity index (χ0v) is 18.0. The highest BCUT2D eigenvalue weighted by Crippen LogP contribution is 2.33. The van der Waals surface area contributed by atoms with E-state index in [4.69, 9.17) is 9.47 Å². The van der Waals surface area contributed by atoms with Crippen LogP contribution in [-0.4, -0.2) is 52.4 Å². The quantitative estimate of drug-likeness (QED) is 0.483. The summed E-state index contributed by atoms with van der Waals surface area (Å²) in [5.74, 6) is 2.51. The van der Waals surface area contributed by atoms with Gasteiger partial charge in [0.25, 0.3) is 0 Å². The molecule has 1 saturated heterocycles. The van der Waals surface area contributed by atoms with Gasteiger partial charge in [0.15, 0.2) is 17.3 Å². The smallest absolute Gasteiger partial charge is 0.231 e. The fourth-order valence-electron chi connectivity index (χ4n) is 4.56. The molecule has 0 radical (unpaired) electrons. The van der Waals surface area contributed by atoms with Gasteiger partial charge in [-0.25, -0.2) is 9.97 Å². The van der Waals surface area contributed by atoms with Crippen LogP contribution in [0.1, 0.15) is 11.1 Å². The molecule has 4 heterocycles. The van der Waals surface area contributed by atoms with Crippen LogP contribution in [0.2, 0.25) is 0 Å². The van der Waals surface area contributed by atoms with E-state index in [1.165, 1.54) is 5.56 Å². The van der Waals surface area contributed by atoms with Gasteiger partial charge in [0.2, 0.25) is 6.79 Å². The van der Waals surface area contributed by atoms with Crippen LogP contribution in [-0.2, 0) is 6.54 Å². The van der Waals surface area contributed by atoms with Gasteiger partial charge in [0, 0.05) is 44.6 Å². The van der Waals surface area contributed by atoms with Gasteiger partial charge in [-0.3, -0.25) is 4.90 Å². The molecular weight excluding hydrogens is 416 g/mol. The second kappa shape index (κ2) is 8.11. The maximum absolute atomic E-state index is 9.67. The number of ether oxygens (including phenoxy) is 2. The van der Waals surface area contributed by atoms with Crippen molar-refractivity contribution in [1.82, 2.24) is 19.4 Å². The lowest BCUT2D eigenvalue weighted by Gasteiger charge is -2.35. The molecule has 0 bridgehead atoms. The fraction of sp³-hybridized carbons (Fsp3) is 0.240. The topological polar surface area (TPSA) is 79.4 Å². The Balaban J connectivity index is 1.25. The number of para-hydroxylation sites is 1. The number of hydrogen-bond donors (Lipinski definition) is 0. The van der Waals surface area contributed by atoms with Gasteiger partial charge in [0.05, 0.1) is 5.56 Å². The van der Waals surface area contributed by atoms with Gasteiger partial charge in [-0.1, -0.05) is 24.3 Å². The van der Waals surface area contributed by atoms with Crippen molar-refractivity contribution < 1.29 is 9.47 Å². The molecule has 0 N–H and O–H groups in total. The lowest BCUT2D eigenvalue weighted by Crippen LogP contribution is -2.46. The van der Waals surface area contributed by atoms with E-state index in [2.05, 4.69) is 38.0 Å². The van der Waals surface area contributed by atoms with Gasteiger partial charge in [0.1, 0.15) is 23.4 Å². The molecule has 8 heteroatoms. The highest BCUT2D eigenvalue weighted by atomic mass is 16.7. The lowest BCUT2D eigenvalue weighted by atomic mass is 10.1. The van der Waals surface area contributed by atoms with Crippen molar-refractivity contribution in [1.29, 1.82) is 5.26 Å². The Morgan fingerprint density at radius 1 is 0.939 bits per heavy atom.